The molecule has 1 aromatic carbocycles. The molecule has 1 aromatic rings. The van der Waals surface area contributed by atoms with Crippen molar-refractivity contribution < 1.29 is 14.6 Å². The van der Waals surface area contributed by atoms with Crippen LogP contribution >= 0.6 is 0 Å². The summed E-state index contributed by atoms with van der Waals surface area (Å²) in [6, 6.07) is 3.04. The molecule has 76 valence electrons. The molecule has 14 heavy (non-hydrogen) atoms. The van der Waals surface area contributed by atoms with Gasteiger partial charge in [0, 0.05) is 11.6 Å². The lowest BCUT2D eigenvalue weighted by Crippen LogP contribution is -2.05. The zero-order chi connectivity index (χ0) is 10.7. The largest absolute Gasteiger partial charge is 0.496 e. The number of aliphatic carboxylic acids is 1. The average Bonchev–Trinajstić information content (AvgIpc) is 2.10. The monoisotopic (exact) mass is 196 g/mol. The molecule has 5 heteroatoms. The van der Waals surface area contributed by atoms with Crippen LogP contribution in [0.4, 0.5) is 11.4 Å². The Morgan fingerprint density at radius 2 is 2.00 bits per heavy atom. The van der Waals surface area contributed by atoms with Gasteiger partial charge in [0.25, 0.3) is 0 Å². The second kappa shape index (κ2) is 3.87. The highest BCUT2D eigenvalue weighted by atomic mass is 16.5. The number of anilines is 2. The van der Waals surface area contributed by atoms with E-state index in [-0.39, 0.29) is 6.42 Å². The molecule has 0 radical (unpaired) electrons. The summed E-state index contributed by atoms with van der Waals surface area (Å²) in [7, 11) is 1.45. The molecule has 0 atom stereocenters. The second-order valence-electron chi connectivity index (χ2n) is 2.86. The van der Waals surface area contributed by atoms with Crippen molar-refractivity contribution in [3.05, 3.63) is 17.7 Å². The topological polar surface area (TPSA) is 98.6 Å². The minimum Gasteiger partial charge on any atom is -0.496 e. The molecule has 0 amide bonds. The van der Waals surface area contributed by atoms with Gasteiger partial charge >= 0.3 is 5.97 Å². The average molecular weight is 196 g/mol. The van der Waals surface area contributed by atoms with Crippen molar-refractivity contribution >= 4 is 17.3 Å². The van der Waals surface area contributed by atoms with E-state index in [1.807, 2.05) is 0 Å². The maximum absolute atomic E-state index is 10.5. The summed E-state index contributed by atoms with van der Waals surface area (Å²) in [4.78, 5) is 10.5. The molecule has 0 spiro atoms. The quantitative estimate of drug-likeness (QED) is 0.611. The number of rotatable bonds is 3. The van der Waals surface area contributed by atoms with E-state index in [1.54, 1.807) is 0 Å². The fourth-order valence-corrected chi connectivity index (χ4v) is 1.15. The molecular weight excluding hydrogens is 184 g/mol. The van der Waals surface area contributed by atoms with E-state index in [4.69, 9.17) is 21.3 Å². The molecular formula is C9H12N2O3. The Kier molecular flexibility index (Phi) is 2.81. The van der Waals surface area contributed by atoms with Crippen molar-refractivity contribution in [1.82, 2.24) is 0 Å². The molecule has 0 saturated carbocycles. The highest BCUT2D eigenvalue weighted by molar-refractivity contribution is 5.75. The van der Waals surface area contributed by atoms with Crippen LogP contribution in [0.1, 0.15) is 5.56 Å². The SMILES string of the molecule is COc1cc(N)c(N)cc1CC(=O)O. The number of ether oxygens (including phenoxy) is 1. The third-order valence-corrected chi connectivity index (χ3v) is 1.83. The number of benzene rings is 1. The minimum atomic E-state index is -0.938. The zero-order valence-electron chi connectivity index (χ0n) is 7.78. The molecule has 0 aliphatic heterocycles. The van der Waals surface area contributed by atoms with Crippen LogP contribution in [0.2, 0.25) is 0 Å². The van der Waals surface area contributed by atoms with Crippen molar-refractivity contribution in [2.45, 2.75) is 6.42 Å². The molecule has 0 heterocycles. The molecule has 0 unspecified atom stereocenters. The second-order valence-corrected chi connectivity index (χ2v) is 2.86. The molecule has 1 rings (SSSR count). The summed E-state index contributed by atoms with van der Waals surface area (Å²) in [5.41, 5.74) is 12.4. The van der Waals surface area contributed by atoms with Crippen molar-refractivity contribution in [1.29, 1.82) is 0 Å². The first kappa shape index (κ1) is 10.2. The Morgan fingerprint density at radius 3 is 2.50 bits per heavy atom. The third-order valence-electron chi connectivity index (χ3n) is 1.83. The van der Waals surface area contributed by atoms with Gasteiger partial charge in [-0.2, -0.15) is 0 Å². The van der Waals surface area contributed by atoms with Crippen molar-refractivity contribution in [2.24, 2.45) is 0 Å². The first-order valence-electron chi connectivity index (χ1n) is 3.98. The summed E-state index contributed by atoms with van der Waals surface area (Å²) in [5, 5.41) is 8.62. The third kappa shape index (κ3) is 2.07. The molecule has 0 aliphatic rings. The van der Waals surface area contributed by atoms with Gasteiger partial charge in [-0.05, 0) is 6.07 Å². The molecule has 0 aliphatic carbocycles. The van der Waals surface area contributed by atoms with Gasteiger partial charge in [-0.15, -0.1) is 0 Å². The smallest absolute Gasteiger partial charge is 0.307 e. The number of hydrogen-bond acceptors (Lipinski definition) is 4. The van der Waals surface area contributed by atoms with Crippen LogP contribution in [-0.4, -0.2) is 18.2 Å². The highest BCUT2D eigenvalue weighted by Gasteiger charge is 2.09. The van der Waals surface area contributed by atoms with E-state index >= 15 is 0 Å². The van der Waals surface area contributed by atoms with Crippen LogP contribution in [0.25, 0.3) is 0 Å². The van der Waals surface area contributed by atoms with Crippen LogP contribution in [-0.2, 0) is 11.2 Å². The normalized spacial score (nSPS) is 9.79. The van der Waals surface area contributed by atoms with Gasteiger partial charge in [-0.25, -0.2) is 0 Å². The van der Waals surface area contributed by atoms with Gasteiger partial charge in [-0.1, -0.05) is 0 Å². The zero-order valence-corrected chi connectivity index (χ0v) is 7.78. The van der Waals surface area contributed by atoms with Crippen molar-refractivity contribution in [3.8, 4) is 5.75 Å². The summed E-state index contributed by atoms with van der Waals surface area (Å²) in [6.45, 7) is 0. The summed E-state index contributed by atoms with van der Waals surface area (Å²) >= 11 is 0. The van der Waals surface area contributed by atoms with Crippen LogP contribution in [0.3, 0.4) is 0 Å². The molecule has 5 nitrogen and oxygen atoms in total. The molecule has 0 bridgehead atoms. The fraction of sp³-hybridized carbons (Fsp3) is 0.222. The molecule has 0 aromatic heterocycles. The first-order valence-corrected chi connectivity index (χ1v) is 3.98. The van der Waals surface area contributed by atoms with Crippen LogP contribution in [0.5, 0.6) is 5.75 Å². The number of nitrogens with two attached hydrogens (primary N) is 2. The molecule has 0 fully saturated rings. The number of hydrogen-bond donors (Lipinski definition) is 3. The summed E-state index contributed by atoms with van der Waals surface area (Å²) in [5.74, 6) is -0.494. The Morgan fingerprint density at radius 1 is 1.43 bits per heavy atom. The number of carboxylic acids is 1. The Labute approximate surface area is 81.3 Å². The van der Waals surface area contributed by atoms with Gasteiger partial charge in [0.15, 0.2) is 0 Å². The van der Waals surface area contributed by atoms with Gasteiger partial charge in [0.2, 0.25) is 0 Å². The van der Waals surface area contributed by atoms with Gasteiger partial charge in [0.05, 0.1) is 24.9 Å². The van der Waals surface area contributed by atoms with E-state index in [0.29, 0.717) is 22.7 Å². The number of carbonyl (C=O) groups is 1. The maximum atomic E-state index is 10.5. The molecule has 0 saturated heterocycles. The predicted molar refractivity (Wildman–Crippen MR) is 53.2 cm³/mol. The Bertz CT molecular complexity index is 363. The fourth-order valence-electron chi connectivity index (χ4n) is 1.15. The van der Waals surface area contributed by atoms with Crippen LogP contribution in [0.15, 0.2) is 12.1 Å². The number of methoxy groups -OCH3 is 1. The van der Waals surface area contributed by atoms with Gasteiger partial charge < -0.3 is 21.3 Å². The highest BCUT2D eigenvalue weighted by Crippen LogP contribution is 2.27. The van der Waals surface area contributed by atoms with E-state index in [2.05, 4.69) is 0 Å². The standard InChI is InChI=1S/C9H12N2O3/c1-14-8-4-7(11)6(10)2-5(8)3-9(12)13/h2,4H,3,10-11H2,1H3,(H,12,13). The lowest BCUT2D eigenvalue weighted by Gasteiger charge is -2.09. The minimum absolute atomic E-state index is 0.131. The predicted octanol–water partition coefficient (Wildman–Crippen LogP) is 0.487. The van der Waals surface area contributed by atoms with Crippen LogP contribution < -0.4 is 16.2 Å². The van der Waals surface area contributed by atoms with Crippen LogP contribution in [0, 0.1) is 0 Å². The van der Waals surface area contributed by atoms with Crippen molar-refractivity contribution in [2.75, 3.05) is 18.6 Å². The Hall–Kier alpha value is -1.91. The number of nitrogen functional groups attached to an aromatic ring is 2. The number of carboxylic acid groups (broad SMARTS) is 1. The summed E-state index contributed by atoms with van der Waals surface area (Å²) in [6.07, 6.45) is -0.131. The Balaban J connectivity index is 3.13. The lowest BCUT2D eigenvalue weighted by molar-refractivity contribution is -0.136. The summed E-state index contributed by atoms with van der Waals surface area (Å²) < 4.78 is 4.98. The van der Waals surface area contributed by atoms with E-state index in [1.165, 1.54) is 19.2 Å². The van der Waals surface area contributed by atoms with E-state index in [0.717, 1.165) is 0 Å². The van der Waals surface area contributed by atoms with Gasteiger partial charge in [-0.3, -0.25) is 4.79 Å². The van der Waals surface area contributed by atoms with Crippen molar-refractivity contribution in [3.63, 3.8) is 0 Å². The van der Waals surface area contributed by atoms with E-state index in [9.17, 15) is 4.79 Å². The van der Waals surface area contributed by atoms with Gasteiger partial charge in [0.1, 0.15) is 5.75 Å². The van der Waals surface area contributed by atoms with E-state index < -0.39 is 5.97 Å². The first-order chi connectivity index (χ1) is 6.54. The lowest BCUT2D eigenvalue weighted by atomic mass is 10.1. The maximum Gasteiger partial charge on any atom is 0.307 e. The molecule has 5 N–H and O–H groups in total.